The molecule has 0 aromatic heterocycles. The van der Waals surface area contributed by atoms with Crippen LogP contribution in [-0.4, -0.2) is 22.3 Å². The third kappa shape index (κ3) is 2.83. The van der Waals surface area contributed by atoms with Crippen LogP contribution < -0.4 is 0 Å². The molecule has 0 aromatic carbocycles. The lowest BCUT2D eigenvalue weighted by molar-refractivity contribution is -0.222. The number of nitrogens with zero attached hydrogens (tertiary/aromatic N) is 2. The Morgan fingerprint density at radius 1 is 0.882 bits per heavy atom. The van der Waals surface area contributed by atoms with Gasteiger partial charge < -0.3 is 10.4 Å². The summed E-state index contributed by atoms with van der Waals surface area (Å²) in [5.41, 5.74) is 3.27. The van der Waals surface area contributed by atoms with E-state index in [0.29, 0.717) is 45.8 Å². The molecule has 190 valence electrons. The quantitative estimate of drug-likeness (QED) is 0.187. The molecule has 5 rings (SSSR count). The fourth-order valence-electron chi connectivity index (χ4n) is 11.5. The first kappa shape index (κ1) is 24.4. The molecular weight excluding hydrogens is 420 g/mol. The highest BCUT2D eigenvalue weighted by Crippen LogP contribution is 2.77. The maximum atomic E-state index is 9.76. The molecule has 0 amide bonds. The summed E-state index contributed by atoms with van der Waals surface area (Å²) in [5, 5.41) is 26.9. The Hall–Kier alpha value is -1.32. The van der Waals surface area contributed by atoms with Gasteiger partial charge in [-0.15, -0.1) is 5.16 Å². The molecule has 2 N–H and O–H groups in total. The minimum atomic E-state index is -0.0311. The van der Waals surface area contributed by atoms with Crippen molar-refractivity contribution in [3.05, 3.63) is 12.2 Å². The average Bonchev–Trinajstić information content (AvgIpc) is 3.14. The highest BCUT2D eigenvalue weighted by Gasteiger charge is 2.70. The van der Waals surface area contributed by atoms with Gasteiger partial charge in [-0.3, -0.25) is 0 Å². The van der Waals surface area contributed by atoms with Crippen molar-refractivity contribution < 1.29 is 10.4 Å². The minimum Gasteiger partial charge on any atom is -0.411 e. The van der Waals surface area contributed by atoms with Gasteiger partial charge in [0.15, 0.2) is 0 Å². The van der Waals surface area contributed by atoms with E-state index in [1.165, 1.54) is 44.1 Å². The van der Waals surface area contributed by atoms with E-state index < -0.39 is 0 Å². The number of hydrogen-bond acceptors (Lipinski definition) is 4. The lowest BCUT2D eigenvalue weighted by Crippen LogP contribution is -2.66. The highest BCUT2D eigenvalue weighted by atomic mass is 16.4. The molecule has 4 heteroatoms. The van der Waals surface area contributed by atoms with E-state index >= 15 is 0 Å². The van der Waals surface area contributed by atoms with Crippen molar-refractivity contribution in [2.75, 3.05) is 0 Å². The van der Waals surface area contributed by atoms with Gasteiger partial charge in [0.1, 0.15) is 0 Å². The van der Waals surface area contributed by atoms with Crippen LogP contribution in [0.15, 0.2) is 22.5 Å². The molecule has 0 heterocycles. The van der Waals surface area contributed by atoms with Crippen LogP contribution in [0.2, 0.25) is 0 Å². The van der Waals surface area contributed by atoms with Gasteiger partial charge in [-0.2, -0.15) is 0 Å². The summed E-state index contributed by atoms with van der Waals surface area (Å²) < 4.78 is 0. The lowest BCUT2D eigenvalue weighted by atomic mass is 9.32. The van der Waals surface area contributed by atoms with Gasteiger partial charge in [-0.1, -0.05) is 51.9 Å². The molecule has 9 atom stereocenters. The number of allylic oxidation sites excluding steroid dienone is 1. The summed E-state index contributed by atoms with van der Waals surface area (Å²) in [6, 6.07) is 0. The van der Waals surface area contributed by atoms with Gasteiger partial charge in [0, 0.05) is 10.8 Å². The van der Waals surface area contributed by atoms with Crippen LogP contribution in [0.1, 0.15) is 106 Å². The zero-order chi connectivity index (χ0) is 24.7. The van der Waals surface area contributed by atoms with Crippen LogP contribution in [0.3, 0.4) is 0 Å². The molecule has 0 radical (unpaired) electrons. The summed E-state index contributed by atoms with van der Waals surface area (Å²) in [6.07, 6.45) is 13.8. The third-order valence-electron chi connectivity index (χ3n) is 13.3. The normalized spacial score (nSPS) is 53.1. The fraction of sp³-hybridized carbons (Fsp3) is 0.867. The van der Waals surface area contributed by atoms with Crippen molar-refractivity contribution in [3.63, 3.8) is 0 Å². The zero-order valence-electron chi connectivity index (χ0n) is 22.5. The monoisotopic (exact) mass is 468 g/mol. The van der Waals surface area contributed by atoms with Gasteiger partial charge in [-0.05, 0) is 117 Å². The first-order valence-corrected chi connectivity index (χ1v) is 14.0. The van der Waals surface area contributed by atoms with Crippen LogP contribution in [0, 0.1) is 56.7 Å². The van der Waals surface area contributed by atoms with Gasteiger partial charge in [-0.25, -0.2) is 0 Å². The maximum Gasteiger partial charge on any atom is 0.0630 e. The molecule has 4 nitrogen and oxygen atoms in total. The van der Waals surface area contributed by atoms with Crippen molar-refractivity contribution in [1.82, 2.24) is 0 Å². The molecule has 5 aliphatic rings. The molecule has 0 spiro atoms. The van der Waals surface area contributed by atoms with Crippen LogP contribution in [0.4, 0.5) is 0 Å². The second-order valence-electron chi connectivity index (χ2n) is 14.4. The van der Waals surface area contributed by atoms with E-state index in [0.717, 1.165) is 31.4 Å². The van der Waals surface area contributed by atoms with E-state index in [4.69, 9.17) is 0 Å². The molecule has 5 saturated carbocycles. The number of fused-ring (bicyclic) bond motifs is 7. The SMILES string of the molecule is C=C(C)C1CCC2(/C=N/O)CCC3(C)C(CCC4C5(C)CC/C(=N\O)C(C)(C)C5CCC43C)C12. The summed E-state index contributed by atoms with van der Waals surface area (Å²) >= 11 is 0. The maximum absolute atomic E-state index is 9.76. The predicted molar refractivity (Wildman–Crippen MR) is 138 cm³/mol. The van der Waals surface area contributed by atoms with Crippen molar-refractivity contribution in [2.24, 2.45) is 67.0 Å². The largest absolute Gasteiger partial charge is 0.411 e. The Bertz CT molecular complexity index is 923. The highest BCUT2D eigenvalue weighted by molar-refractivity contribution is 5.90. The van der Waals surface area contributed by atoms with Crippen LogP contribution in [-0.2, 0) is 0 Å². The standard InChI is InChI=1S/C30H48N2O2/c1-19(2)20-10-15-30(18-31-33)17-16-28(6)21(25(20)30)8-9-23-27(5)13-12-24(32-34)26(3,4)22(27)11-14-29(23,28)7/h18,20-23,25,33-34H,1,8-17H2,2-7H3/b31-18+,32-24+. The van der Waals surface area contributed by atoms with Gasteiger partial charge in [0.25, 0.3) is 0 Å². The molecule has 5 aliphatic carbocycles. The van der Waals surface area contributed by atoms with Crippen LogP contribution >= 0.6 is 0 Å². The first-order chi connectivity index (χ1) is 15.9. The van der Waals surface area contributed by atoms with Crippen molar-refractivity contribution in [1.29, 1.82) is 0 Å². The van der Waals surface area contributed by atoms with E-state index in [9.17, 15) is 10.4 Å². The zero-order valence-corrected chi connectivity index (χ0v) is 22.5. The molecule has 9 unspecified atom stereocenters. The molecule has 5 fully saturated rings. The number of rotatable bonds is 2. The fourth-order valence-corrected chi connectivity index (χ4v) is 11.5. The average molecular weight is 469 g/mol. The lowest BCUT2D eigenvalue weighted by Gasteiger charge is -2.72. The van der Waals surface area contributed by atoms with E-state index in [-0.39, 0.29) is 10.8 Å². The Morgan fingerprint density at radius 3 is 2.26 bits per heavy atom. The summed E-state index contributed by atoms with van der Waals surface area (Å²) in [6.45, 7) is 19.2. The summed E-state index contributed by atoms with van der Waals surface area (Å²) in [5.74, 6) is 3.06. The van der Waals surface area contributed by atoms with E-state index in [1.807, 2.05) is 6.21 Å². The topological polar surface area (TPSA) is 65.2 Å². The predicted octanol–water partition coefficient (Wildman–Crippen LogP) is 7.93. The smallest absolute Gasteiger partial charge is 0.0630 e. The molecule has 0 bridgehead atoms. The van der Waals surface area contributed by atoms with E-state index in [2.05, 4.69) is 58.4 Å². The van der Waals surface area contributed by atoms with Crippen molar-refractivity contribution in [3.8, 4) is 0 Å². The van der Waals surface area contributed by atoms with Gasteiger partial charge in [0.05, 0.1) is 11.9 Å². The Kier molecular flexibility index (Phi) is 5.44. The Morgan fingerprint density at radius 2 is 1.62 bits per heavy atom. The molecular formula is C30H48N2O2. The van der Waals surface area contributed by atoms with Crippen LogP contribution in [0.5, 0.6) is 0 Å². The summed E-state index contributed by atoms with van der Waals surface area (Å²) in [7, 11) is 0. The van der Waals surface area contributed by atoms with Crippen LogP contribution in [0.25, 0.3) is 0 Å². The third-order valence-corrected chi connectivity index (χ3v) is 13.3. The molecule has 0 saturated heterocycles. The molecule has 0 aromatic rings. The van der Waals surface area contributed by atoms with Gasteiger partial charge in [0.2, 0.25) is 0 Å². The first-order valence-electron chi connectivity index (χ1n) is 14.0. The second kappa shape index (κ2) is 7.59. The number of oxime groups is 2. The Balaban J connectivity index is 1.56. The molecule has 0 aliphatic heterocycles. The Labute approximate surface area is 207 Å². The number of hydrogen-bond donors (Lipinski definition) is 2. The molecule has 34 heavy (non-hydrogen) atoms. The summed E-state index contributed by atoms with van der Waals surface area (Å²) in [4.78, 5) is 0. The van der Waals surface area contributed by atoms with Gasteiger partial charge >= 0.3 is 0 Å². The van der Waals surface area contributed by atoms with E-state index in [1.54, 1.807) is 0 Å². The minimum absolute atomic E-state index is 0.0311. The second-order valence-corrected chi connectivity index (χ2v) is 14.4. The van der Waals surface area contributed by atoms with Crippen molar-refractivity contribution >= 4 is 11.9 Å². The van der Waals surface area contributed by atoms with Crippen molar-refractivity contribution in [2.45, 2.75) is 106 Å².